The molecule has 43 heavy (non-hydrogen) atoms. The number of aliphatic hydroxyl groups is 1. The number of hydrogen-bond donors (Lipinski definition) is 4. The maximum Gasteiger partial charge on any atom is 0.158 e. The van der Waals surface area contributed by atoms with Crippen molar-refractivity contribution in [3.05, 3.63) is 59.2 Å². The lowest BCUT2D eigenvalue weighted by atomic mass is 10.0. The number of ether oxygens (including phenoxy) is 1. The number of nitrogens with zero attached hydrogens (tertiary/aromatic N) is 5. The maximum atomic E-state index is 10.5. The Labute approximate surface area is 259 Å². The van der Waals surface area contributed by atoms with Gasteiger partial charge in [0.1, 0.15) is 17.6 Å². The van der Waals surface area contributed by atoms with E-state index in [0.29, 0.717) is 41.6 Å². The Bertz CT molecular complexity index is 1330. The van der Waals surface area contributed by atoms with E-state index < -0.39 is 6.23 Å². The molecular formula is C32H43ClN8O2. The van der Waals surface area contributed by atoms with Gasteiger partial charge in [0.05, 0.1) is 0 Å². The van der Waals surface area contributed by atoms with Crippen LogP contribution in [0.5, 0.6) is 0 Å². The average Bonchev–Trinajstić information content (AvgIpc) is 3.03. The summed E-state index contributed by atoms with van der Waals surface area (Å²) in [7, 11) is 2.21. The Balaban J connectivity index is 1.18. The maximum absolute atomic E-state index is 10.5. The summed E-state index contributed by atoms with van der Waals surface area (Å²) < 4.78 is 5.55. The van der Waals surface area contributed by atoms with Crippen LogP contribution in [0.3, 0.4) is 0 Å². The minimum Gasteiger partial charge on any atom is -0.381 e. The van der Waals surface area contributed by atoms with Crippen LogP contribution in [-0.2, 0) is 4.74 Å². The second-order valence-corrected chi connectivity index (χ2v) is 12.3. The van der Waals surface area contributed by atoms with Gasteiger partial charge in [-0.3, -0.25) is 4.90 Å². The summed E-state index contributed by atoms with van der Waals surface area (Å²) >= 11 is 6.15. The second-order valence-electron chi connectivity index (χ2n) is 11.9. The van der Waals surface area contributed by atoms with E-state index in [1.807, 2.05) is 24.3 Å². The highest BCUT2D eigenvalue weighted by molar-refractivity contribution is 6.30. The quantitative estimate of drug-likeness (QED) is 0.277. The summed E-state index contributed by atoms with van der Waals surface area (Å²) in [6.45, 7) is 8.21. The molecule has 0 saturated carbocycles. The van der Waals surface area contributed by atoms with Crippen LogP contribution in [-0.4, -0.2) is 96.5 Å². The molecular weight excluding hydrogens is 564 g/mol. The van der Waals surface area contributed by atoms with E-state index >= 15 is 0 Å². The number of benzene rings is 2. The zero-order chi connectivity index (χ0) is 29.8. The molecule has 6 rings (SSSR count). The number of piperidine rings is 1. The number of likely N-dealkylation sites (N-methyl/N-ethyl adjacent to an activating group) is 1. The lowest BCUT2D eigenvalue weighted by Crippen LogP contribution is -2.52. The number of nitrogens with one attached hydrogen (secondary N) is 2. The molecule has 5 N–H and O–H groups in total. The van der Waals surface area contributed by atoms with Gasteiger partial charge in [-0.05, 0) is 69.1 Å². The van der Waals surface area contributed by atoms with Crippen molar-refractivity contribution in [1.29, 1.82) is 0 Å². The van der Waals surface area contributed by atoms with E-state index in [2.05, 4.69) is 56.6 Å². The van der Waals surface area contributed by atoms with Crippen LogP contribution in [0.15, 0.2) is 48.5 Å². The number of piperazine rings is 1. The zero-order valence-electron chi connectivity index (χ0n) is 24.9. The lowest BCUT2D eigenvalue weighted by molar-refractivity contribution is 0.0904. The molecule has 0 spiro atoms. The van der Waals surface area contributed by atoms with Crippen molar-refractivity contribution < 1.29 is 9.84 Å². The summed E-state index contributed by atoms with van der Waals surface area (Å²) in [6, 6.07) is 16.7. The molecule has 1 aromatic heterocycles. The van der Waals surface area contributed by atoms with Gasteiger partial charge in [0.2, 0.25) is 0 Å². The molecule has 2 aromatic carbocycles. The summed E-state index contributed by atoms with van der Waals surface area (Å²) in [5.41, 5.74) is 9.80. The van der Waals surface area contributed by atoms with E-state index in [4.69, 9.17) is 32.0 Å². The summed E-state index contributed by atoms with van der Waals surface area (Å²) in [4.78, 5) is 17.3. The topological polar surface area (TPSA) is 115 Å². The fraction of sp³-hybridized carbons (Fsp3) is 0.500. The third-order valence-corrected chi connectivity index (χ3v) is 9.15. The van der Waals surface area contributed by atoms with Gasteiger partial charge in [-0.15, -0.1) is 0 Å². The van der Waals surface area contributed by atoms with Crippen LogP contribution in [0.4, 0.5) is 23.0 Å². The number of aliphatic hydroxyl groups excluding tert-OH is 1. The van der Waals surface area contributed by atoms with Gasteiger partial charge in [0.25, 0.3) is 0 Å². The summed E-state index contributed by atoms with van der Waals surface area (Å²) in [5.74, 6) is 1.05. The molecule has 3 saturated heterocycles. The molecule has 10 nitrogen and oxygen atoms in total. The normalized spacial score (nSPS) is 20.2. The SMILES string of the molecule is CN1CCN(C2CCN(c3ccc(Nc4nc(NC5CCOCC5)c(-c5ccc(Cl)cc5)nc4C(N)O)cc3)CC2)CC1. The van der Waals surface area contributed by atoms with Gasteiger partial charge < -0.3 is 36.0 Å². The highest BCUT2D eigenvalue weighted by Gasteiger charge is 2.27. The number of halogens is 1. The molecule has 11 heteroatoms. The van der Waals surface area contributed by atoms with E-state index in [-0.39, 0.29) is 11.7 Å². The van der Waals surface area contributed by atoms with Gasteiger partial charge >= 0.3 is 0 Å². The fourth-order valence-corrected chi connectivity index (χ4v) is 6.39. The third-order valence-electron chi connectivity index (χ3n) is 8.90. The first-order chi connectivity index (χ1) is 20.9. The monoisotopic (exact) mass is 606 g/mol. The smallest absolute Gasteiger partial charge is 0.158 e. The van der Waals surface area contributed by atoms with Crippen LogP contribution >= 0.6 is 11.6 Å². The van der Waals surface area contributed by atoms with Crippen LogP contribution in [0.2, 0.25) is 5.02 Å². The van der Waals surface area contributed by atoms with Crippen molar-refractivity contribution in [3.63, 3.8) is 0 Å². The Morgan fingerprint density at radius 1 is 0.884 bits per heavy atom. The van der Waals surface area contributed by atoms with Gasteiger partial charge in [-0.1, -0.05) is 23.7 Å². The second kappa shape index (κ2) is 13.8. The summed E-state index contributed by atoms with van der Waals surface area (Å²) in [6.07, 6.45) is 2.83. The molecule has 1 atom stereocenters. The first-order valence-electron chi connectivity index (χ1n) is 15.4. The van der Waals surface area contributed by atoms with Crippen molar-refractivity contribution in [2.24, 2.45) is 5.73 Å². The summed E-state index contributed by atoms with van der Waals surface area (Å²) in [5, 5.41) is 18.1. The number of hydrogen-bond acceptors (Lipinski definition) is 10. The number of nitrogens with two attached hydrogens (primary N) is 1. The molecule has 3 fully saturated rings. The van der Waals surface area contributed by atoms with Crippen molar-refractivity contribution in [3.8, 4) is 11.3 Å². The van der Waals surface area contributed by atoms with Gasteiger partial charge in [0, 0.05) is 86.5 Å². The Morgan fingerprint density at radius 3 is 2.21 bits per heavy atom. The Morgan fingerprint density at radius 2 is 1.56 bits per heavy atom. The Kier molecular flexibility index (Phi) is 9.61. The van der Waals surface area contributed by atoms with E-state index in [1.165, 1.54) is 44.7 Å². The average molecular weight is 607 g/mol. The molecule has 0 aliphatic carbocycles. The molecule has 230 valence electrons. The van der Waals surface area contributed by atoms with Crippen molar-refractivity contribution in [2.75, 3.05) is 75.1 Å². The van der Waals surface area contributed by atoms with Gasteiger partial charge in [-0.2, -0.15) is 0 Å². The number of aromatic nitrogens is 2. The number of rotatable bonds is 8. The molecule has 3 aliphatic heterocycles. The third kappa shape index (κ3) is 7.39. The van der Waals surface area contributed by atoms with Crippen molar-refractivity contribution in [1.82, 2.24) is 19.8 Å². The first kappa shape index (κ1) is 30.1. The number of anilines is 4. The largest absolute Gasteiger partial charge is 0.381 e. The van der Waals surface area contributed by atoms with E-state index in [9.17, 15) is 5.11 Å². The van der Waals surface area contributed by atoms with Crippen LogP contribution in [0.1, 0.15) is 37.6 Å². The molecule has 0 bridgehead atoms. The highest BCUT2D eigenvalue weighted by Crippen LogP contribution is 2.33. The molecule has 3 aromatic rings. The van der Waals surface area contributed by atoms with Crippen LogP contribution < -0.4 is 21.3 Å². The van der Waals surface area contributed by atoms with E-state index in [1.54, 1.807) is 0 Å². The molecule has 0 amide bonds. The molecule has 3 aliphatic rings. The molecule has 4 heterocycles. The Hall–Kier alpha value is -2.99. The minimum atomic E-state index is -1.31. The molecule has 1 unspecified atom stereocenters. The van der Waals surface area contributed by atoms with Gasteiger partial charge in [-0.25, -0.2) is 9.97 Å². The van der Waals surface area contributed by atoms with E-state index in [0.717, 1.165) is 37.2 Å². The molecule has 0 radical (unpaired) electrons. The highest BCUT2D eigenvalue weighted by atomic mass is 35.5. The van der Waals surface area contributed by atoms with Crippen LogP contribution in [0.25, 0.3) is 11.3 Å². The van der Waals surface area contributed by atoms with Crippen molar-refractivity contribution in [2.45, 2.75) is 44.0 Å². The zero-order valence-corrected chi connectivity index (χ0v) is 25.6. The van der Waals surface area contributed by atoms with Crippen LogP contribution in [0, 0.1) is 0 Å². The minimum absolute atomic E-state index is 0.204. The van der Waals surface area contributed by atoms with Gasteiger partial charge in [0.15, 0.2) is 11.6 Å². The lowest BCUT2D eigenvalue weighted by Gasteiger charge is -2.42. The standard InChI is InChI=1S/C32H43ClN8O2/c1-39-16-18-41(19-17-39)27-10-14-40(15-11-27)26-8-6-24(7-9-26)35-32-29(30(34)42)37-28(22-2-4-23(33)5-3-22)31(38-32)36-25-12-20-43-21-13-25/h2-9,25,27,30,42H,10-21,34H2,1H3,(H2,35,36,38). The predicted octanol–water partition coefficient (Wildman–Crippen LogP) is 4.30. The predicted molar refractivity (Wildman–Crippen MR) is 173 cm³/mol. The fourth-order valence-electron chi connectivity index (χ4n) is 6.26. The first-order valence-corrected chi connectivity index (χ1v) is 15.8. The van der Waals surface area contributed by atoms with Crippen molar-refractivity contribution >= 4 is 34.6 Å².